The molecular weight excluding hydrogens is 340 g/mol. The number of para-hydroxylation sites is 1. The van der Waals surface area contributed by atoms with Gasteiger partial charge in [0.1, 0.15) is 5.75 Å². The van der Waals surface area contributed by atoms with Crippen LogP contribution in [0.1, 0.15) is 36.4 Å². The first-order valence-corrected chi connectivity index (χ1v) is 9.45. The van der Waals surface area contributed by atoms with Crippen LogP contribution in [0, 0.1) is 5.92 Å². The summed E-state index contributed by atoms with van der Waals surface area (Å²) in [6.07, 6.45) is 2.43. The Morgan fingerprint density at radius 3 is 2.52 bits per heavy atom. The number of nitrogens with one attached hydrogen (secondary N) is 1. The van der Waals surface area contributed by atoms with Crippen molar-refractivity contribution in [3.8, 4) is 5.75 Å². The van der Waals surface area contributed by atoms with Crippen LogP contribution in [0.2, 0.25) is 0 Å². The Bertz CT molecular complexity index is 832. The number of rotatable bonds is 6. The second-order valence-electron chi connectivity index (χ2n) is 7.27. The number of carbonyl (C=O) groups is 2. The summed E-state index contributed by atoms with van der Waals surface area (Å²) >= 11 is 0. The van der Waals surface area contributed by atoms with Crippen molar-refractivity contribution in [2.24, 2.45) is 5.92 Å². The maximum atomic E-state index is 13.0. The van der Waals surface area contributed by atoms with E-state index in [4.69, 9.17) is 4.74 Å². The highest BCUT2D eigenvalue weighted by atomic mass is 16.5. The number of amides is 2. The van der Waals surface area contributed by atoms with Crippen molar-refractivity contribution in [2.75, 3.05) is 13.7 Å². The van der Waals surface area contributed by atoms with Gasteiger partial charge in [0.25, 0.3) is 0 Å². The van der Waals surface area contributed by atoms with Crippen LogP contribution >= 0.6 is 0 Å². The normalized spacial score (nSPS) is 20.4. The molecule has 0 radical (unpaired) electrons. The first-order chi connectivity index (χ1) is 13.2. The van der Waals surface area contributed by atoms with E-state index in [2.05, 4.69) is 5.32 Å². The van der Waals surface area contributed by atoms with Crippen LogP contribution in [0.5, 0.6) is 5.75 Å². The molecule has 2 atom stereocenters. The molecule has 140 valence electrons. The van der Waals surface area contributed by atoms with E-state index in [0.717, 1.165) is 29.7 Å². The summed E-state index contributed by atoms with van der Waals surface area (Å²) in [5, 5.41) is 3.17. The first-order valence-electron chi connectivity index (χ1n) is 9.45. The summed E-state index contributed by atoms with van der Waals surface area (Å²) in [5.41, 5.74) is 1.89. The van der Waals surface area contributed by atoms with Crippen molar-refractivity contribution in [2.45, 2.75) is 31.3 Å². The van der Waals surface area contributed by atoms with Gasteiger partial charge in [-0.25, -0.2) is 0 Å². The zero-order chi connectivity index (χ0) is 18.8. The number of ether oxygens (including phenoxy) is 1. The van der Waals surface area contributed by atoms with E-state index in [9.17, 15) is 9.59 Å². The number of likely N-dealkylation sites (tertiary alicyclic amines) is 1. The molecule has 0 spiro atoms. The number of hydrogen-bond acceptors (Lipinski definition) is 3. The monoisotopic (exact) mass is 364 g/mol. The fourth-order valence-corrected chi connectivity index (χ4v) is 3.80. The third-order valence-electron chi connectivity index (χ3n) is 5.39. The van der Waals surface area contributed by atoms with Crippen LogP contribution in [0.4, 0.5) is 0 Å². The zero-order valence-electron chi connectivity index (χ0n) is 15.4. The Kier molecular flexibility index (Phi) is 4.84. The van der Waals surface area contributed by atoms with Gasteiger partial charge in [0, 0.05) is 24.6 Å². The molecule has 1 aliphatic heterocycles. The Morgan fingerprint density at radius 1 is 1.11 bits per heavy atom. The number of methoxy groups -OCH3 is 1. The molecule has 5 nitrogen and oxygen atoms in total. The molecule has 2 amide bonds. The molecule has 1 aliphatic carbocycles. The molecule has 4 rings (SSSR count). The van der Waals surface area contributed by atoms with E-state index in [1.54, 1.807) is 7.11 Å². The lowest BCUT2D eigenvalue weighted by atomic mass is 9.96. The summed E-state index contributed by atoms with van der Waals surface area (Å²) in [4.78, 5) is 27.1. The van der Waals surface area contributed by atoms with E-state index >= 15 is 0 Å². The molecule has 0 aromatic heterocycles. The van der Waals surface area contributed by atoms with Gasteiger partial charge in [-0.15, -0.1) is 0 Å². The Hall–Kier alpha value is -2.82. The molecule has 2 aromatic rings. The average molecular weight is 364 g/mol. The van der Waals surface area contributed by atoms with Gasteiger partial charge in [-0.05, 0) is 24.5 Å². The minimum absolute atomic E-state index is 0.0775. The van der Waals surface area contributed by atoms with Crippen molar-refractivity contribution in [3.63, 3.8) is 0 Å². The third-order valence-corrected chi connectivity index (χ3v) is 5.39. The largest absolute Gasteiger partial charge is 0.496 e. The van der Waals surface area contributed by atoms with Gasteiger partial charge < -0.3 is 15.0 Å². The van der Waals surface area contributed by atoms with Gasteiger partial charge in [-0.2, -0.15) is 0 Å². The Morgan fingerprint density at radius 2 is 1.81 bits per heavy atom. The number of hydrogen-bond donors (Lipinski definition) is 1. The van der Waals surface area contributed by atoms with Crippen molar-refractivity contribution >= 4 is 11.8 Å². The van der Waals surface area contributed by atoms with Gasteiger partial charge in [-0.1, -0.05) is 48.5 Å². The van der Waals surface area contributed by atoms with Crippen molar-refractivity contribution < 1.29 is 14.3 Å². The summed E-state index contributed by atoms with van der Waals surface area (Å²) in [7, 11) is 1.63. The number of benzene rings is 2. The first kappa shape index (κ1) is 17.6. The fourth-order valence-electron chi connectivity index (χ4n) is 3.80. The van der Waals surface area contributed by atoms with Crippen LogP contribution in [0.25, 0.3) is 0 Å². The maximum absolute atomic E-state index is 13.0. The zero-order valence-corrected chi connectivity index (χ0v) is 15.4. The van der Waals surface area contributed by atoms with E-state index in [-0.39, 0.29) is 23.8 Å². The summed E-state index contributed by atoms with van der Waals surface area (Å²) in [5.74, 6) is 0.463. The average Bonchev–Trinajstić information content (AvgIpc) is 3.48. The molecule has 5 heteroatoms. The van der Waals surface area contributed by atoms with Crippen LogP contribution in [-0.4, -0.2) is 36.4 Å². The lowest BCUT2D eigenvalue weighted by Crippen LogP contribution is -2.36. The Balaban J connectivity index is 1.58. The second-order valence-corrected chi connectivity index (χ2v) is 7.27. The van der Waals surface area contributed by atoms with Gasteiger partial charge >= 0.3 is 0 Å². The molecule has 2 aromatic carbocycles. The van der Waals surface area contributed by atoms with Crippen LogP contribution in [0.3, 0.4) is 0 Å². The smallest absolute Gasteiger partial charge is 0.226 e. The second kappa shape index (κ2) is 7.43. The van der Waals surface area contributed by atoms with E-state index < -0.39 is 0 Å². The van der Waals surface area contributed by atoms with E-state index in [1.807, 2.05) is 59.5 Å². The summed E-state index contributed by atoms with van der Waals surface area (Å²) in [6.45, 7) is 0.531. The number of nitrogens with zero attached hydrogens (tertiary/aromatic N) is 1. The fraction of sp³-hybridized carbons (Fsp3) is 0.364. The number of carbonyl (C=O) groups excluding carboxylic acids is 2. The van der Waals surface area contributed by atoms with Gasteiger partial charge in [0.2, 0.25) is 11.8 Å². The van der Waals surface area contributed by atoms with E-state index in [1.165, 1.54) is 0 Å². The quantitative estimate of drug-likeness (QED) is 0.857. The standard InChI is InChI=1S/C22H24N2O3/c1-27-19-10-6-5-9-18(19)21(15-7-3-2-4-8-15)23-22(26)16-13-20(25)24(14-16)17-11-12-17/h2-10,16-17,21H,11-14H2,1H3,(H,23,26). The van der Waals surface area contributed by atoms with Gasteiger partial charge in [0.15, 0.2) is 0 Å². The summed E-state index contributed by atoms with van der Waals surface area (Å²) < 4.78 is 5.52. The molecular formula is C22H24N2O3. The van der Waals surface area contributed by atoms with E-state index in [0.29, 0.717) is 19.0 Å². The van der Waals surface area contributed by atoms with Crippen molar-refractivity contribution in [1.82, 2.24) is 10.2 Å². The highest BCUT2D eigenvalue weighted by Crippen LogP contribution is 2.34. The highest BCUT2D eigenvalue weighted by Gasteiger charge is 2.42. The highest BCUT2D eigenvalue weighted by molar-refractivity contribution is 5.90. The van der Waals surface area contributed by atoms with Crippen LogP contribution in [-0.2, 0) is 9.59 Å². The predicted octanol–water partition coefficient (Wildman–Crippen LogP) is 2.91. The third kappa shape index (κ3) is 3.68. The lowest BCUT2D eigenvalue weighted by molar-refractivity contribution is -0.129. The molecule has 1 saturated heterocycles. The van der Waals surface area contributed by atoms with Gasteiger partial charge in [-0.3, -0.25) is 9.59 Å². The van der Waals surface area contributed by atoms with Crippen molar-refractivity contribution in [1.29, 1.82) is 0 Å². The molecule has 27 heavy (non-hydrogen) atoms. The molecule has 1 saturated carbocycles. The SMILES string of the molecule is COc1ccccc1C(NC(=O)C1CC(=O)N(C2CC2)C1)c1ccccc1. The molecule has 2 fully saturated rings. The van der Waals surface area contributed by atoms with Gasteiger partial charge in [0.05, 0.1) is 19.1 Å². The topological polar surface area (TPSA) is 58.6 Å². The summed E-state index contributed by atoms with van der Waals surface area (Å²) in [6, 6.07) is 17.6. The van der Waals surface area contributed by atoms with Crippen molar-refractivity contribution in [3.05, 3.63) is 65.7 Å². The minimum Gasteiger partial charge on any atom is -0.496 e. The Labute approximate surface area is 159 Å². The van der Waals surface area contributed by atoms with Crippen LogP contribution < -0.4 is 10.1 Å². The lowest BCUT2D eigenvalue weighted by Gasteiger charge is -2.23. The molecule has 1 N–H and O–H groups in total. The molecule has 2 unspecified atom stereocenters. The molecule has 1 heterocycles. The minimum atomic E-state index is -0.320. The maximum Gasteiger partial charge on any atom is 0.226 e. The van der Waals surface area contributed by atoms with Crippen LogP contribution in [0.15, 0.2) is 54.6 Å². The molecule has 0 bridgehead atoms. The molecule has 2 aliphatic rings. The predicted molar refractivity (Wildman–Crippen MR) is 102 cm³/mol.